The number of halogens is 2. The monoisotopic (exact) mass is 126 g/mol. The van der Waals surface area contributed by atoms with Crippen LogP contribution in [-0.4, -0.2) is 12.7 Å². The fourth-order valence-corrected chi connectivity index (χ4v) is 0.0546. The van der Waals surface area contributed by atoms with Crippen molar-refractivity contribution in [1.29, 1.82) is 0 Å². The molecule has 7 heavy (non-hydrogen) atoms. The second-order valence-corrected chi connectivity index (χ2v) is 0.913. The van der Waals surface area contributed by atoms with E-state index in [0.717, 1.165) is 6.08 Å². The molecule has 0 aliphatic rings. The second-order valence-electron chi connectivity index (χ2n) is 0.913. The molecule has 0 aliphatic heterocycles. The number of alkyl halides is 1. The topological polar surface area (TPSA) is 26.0 Å². The van der Waals surface area contributed by atoms with Crippen molar-refractivity contribution in [3.8, 4) is 0 Å². The van der Waals surface area contributed by atoms with E-state index in [2.05, 4.69) is 6.58 Å². The number of hydrogen-bond acceptors (Lipinski definition) is 1. The Labute approximate surface area is 50.2 Å². The number of nitrogens with two attached hydrogens (primary N) is 1. The van der Waals surface area contributed by atoms with Crippen LogP contribution in [0.2, 0.25) is 0 Å². The van der Waals surface area contributed by atoms with Gasteiger partial charge in [-0.05, 0) is 0 Å². The van der Waals surface area contributed by atoms with Crippen LogP contribution < -0.4 is 5.73 Å². The Morgan fingerprint density at radius 3 is 2.57 bits per heavy atom. The maximum atomic E-state index is 11.4. The highest BCUT2D eigenvalue weighted by Gasteiger charge is 1.87. The molecule has 0 aliphatic carbocycles. The molecule has 0 saturated heterocycles. The molecule has 0 aromatic carbocycles. The molecule has 1 nitrogen and oxygen atoms in total. The summed E-state index contributed by atoms with van der Waals surface area (Å²) in [6.45, 7) is 2.27. The van der Waals surface area contributed by atoms with E-state index < -0.39 is 12.7 Å². The van der Waals surface area contributed by atoms with Gasteiger partial charge in [0.15, 0.2) is 0 Å². The Hall–Kier alpha value is -0.0800. The van der Waals surface area contributed by atoms with Crippen molar-refractivity contribution in [3.63, 3.8) is 0 Å². The van der Waals surface area contributed by atoms with Gasteiger partial charge in [0, 0.05) is 0 Å². The molecule has 0 radical (unpaired) electrons. The van der Waals surface area contributed by atoms with Crippen LogP contribution >= 0.6 is 12.4 Å². The van der Waals surface area contributed by atoms with Gasteiger partial charge in [-0.25, -0.2) is 4.39 Å². The zero-order valence-electron chi connectivity index (χ0n) is 4.86. The summed E-state index contributed by atoms with van der Waals surface area (Å²) in [6, 6.07) is -1.57. The zero-order chi connectivity index (χ0) is 5.91. The Morgan fingerprint density at radius 1 is 2.14 bits per heavy atom. The summed E-state index contributed by atoms with van der Waals surface area (Å²) in [5.74, 6) is 0. The highest BCUT2D eigenvalue weighted by molar-refractivity contribution is 5.85. The quantitative estimate of drug-likeness (QED) is 0.547. The third-order valence-corrected chi connectivity index (χ3v) is 0.416. The average Bonchev–Trinajstić information content (AvgIpc) is 1.68. The molecule has 0 rings (SSSR count). The van der Waals surface area contributed by atoms with Crippen LogP contribution in [0.15, 0.2) is 12.7 Å². The van der Waals surface area contributed by atoms with Gasteiger partial charge < -0.3 is 5.73 Å². The van der Waals surface area contributed by atoms with Crippen molar-refractivity contribution in [2.24, 2.45) is 5.73 Å². The Morgan fingerprint density at radius 2 is 2.57 bits per heavy atom. The molecule has 3 heteroatoms. The minimum atomic E-state index is -1.57. The zero-order valence-corrected chi connectivity index (χ0v) is 4.67. The fourth-order valence-electron chi connectivity index (χ4n) is 0.0546. The molecule has 0 aromatic rings. The summed E-state index contributed by atoms with van der Waals surface area (Å²) in [6.07, 6.45) is 1.06. The van der Waals surface area contributed by atoms with Crippen molar-refractivity contribution in [2.75, 3.05) is 6.67 Å². The molecule has 2 N–H and O–H groups in total. The average molecular weight is 127 g/mol. The summed E-state index contributed by atoms with van der Waals surface area (Å²) >= 11 is 0. The fraction of sp³-hybridized carbons (Fsp3) is 0.500. The number of hydrogen-bond donors (Lipinski definition) is 1. The van der Waals surface area contributed by atoms with Crippen LogP contribution in [0.4, 0.5) is 4.39 Å². The molecule has 0 aromatic heterocycles. The molecule has 1 unspecified atom stereocenters. The lowest BCUT2D eigenvalue weighted by atomic mass is 10.4. The summed E-state index contributed by atoms with van der Waals surface area (Å²) in [4.78, 5) is 0. The van der Waals surface area contributed by atoms with E-state index in [9.17, 15) is 4.39 Å². The van der Waals surface area contributed by atoms with Gasteiger partial charge >= 0.3 is 0 Å². The smallest absolute Gasteiger partial charge is 0.108 e. The third kappa shape index (κ3) is 5.92. The van der Waals surface area contributed by atoms with Crippen LogP contribution in [0, 0.1) is 0 Å². The predicted molar refractivity (Wildman–Crippen MR) is 31.4 cm³/mol. The maximum Gasteiger partial charge on any atom is 0.108 e. The molecule has 0 fully saturated rings. The van der Waals surface area contributed by atoms with E-state index >= 15 is 0 Å². The van der Waals surface area contributed by atoms with Crippen molar-refractivity contribution in [3.05, 3.63) is 12.7 Å². The van der Waals surface area contributed by atoms with Crippen LogP contribution in [0.5, 0.6) is 0 Å². The van der Waals surface area contributed by atoms with E-state index in [1.165, 1.54) is 0 Å². The lowest BCUT2D eigenvalue weighted by molar-refractivity contribution is 0.465. The predicted octanol–water partition coefficient (Wildman–Crippen LogP) is 0.891. The second kappa shape index (κ2) is 5.92. The summed E-state index contributed by atoms with van der Waals surface area (Å²) in [7, 11) is 0. The van der Waals surface area contributed by atoms with E-state index in [1.807, 2.05) is 0 Å². The molecule has 0 saturated carbocycles. The Balaban J connectivity index is 0. The van der Waals surface area contributed by atoms with Crippen molar-refractivity contribution in [1.82, 2.24) is 0 Å². The van der Waals surface area contributed by atoms with Gasteiger partial charge in [-0.3, -0.25) is 0 Å². The van der Waals surface area contributed by atoms with E-state index in [1.54, 1.807) is 0 Å². The lowest BCUT2D eigenvalue weighted by Crippen LogP contribution is -2.17. The van der Waals surface area contributed by atoms with Gasteiger partial charge in [0.25, 0.3) is 0 Å². The summed E-state index contributed by atoms with van der Waals surface area (Å²) in [5.41, 5.74) is 4.89. The van der Waals surface area contributed by atoms with Gasteiger partial charge in [-0.15, -0.1) is 19.0 Å². The molecular weight excluding hydrogens is 117 g/mol. The van der Waals surface area contributed by atoms with Gasteiger partial charge in [0.2, 0.25) is 0 Å². The minimum absolute atomic E-state index is 0. The molecular formula is C4H9ClFN. The van der Waals surface area contributed by atoms with Gasteiger partial charge in [0.1, 0.15) is 6.67 Å². The van der Waals surface area contributed by atoms with Crippen LogP contribution in [-0.2, 0) is 0 Å². The van der Waals surface area contributed by atoms with Crippen molar-refractivity contribution >= 4 is 12.4 Å². The lowest BCUT2D eigenvalue weighted by Gasteiger charge is -1.92. The van der Waals surface area contributed by atoms with Gasteiger partial charge in [-0.1, -0.05) is 6.08 Å². The Bertz CT molecular complexity index is 76.4. The van der Waals surface area contributed by atoms with Crippen molar-refractivity contribution < 1.29 is 5.76 Å². The molecule has 44 valence electrons. The molecule has 0 heterocycles. The standard InChI is InChI=1S/C4H8FN.ClH/c1-2-4(6)3-5;/h2,4H,1,3,6H2;1H/i4D;. The highest BCUT2D eigenvalue weighted by atomic mass is 35.5. The van der Waals surface area contributed by atoms with E-state index in [0.29, 0.717) is 0 Å². The summed E-state index contributed by atoms with van der Waals surface area (Å²) < 4.78 is 18.1. The molecule has 0 spiro atoms. The first-order chi connectivity index (χ1) is 3.12. The first-order valence-corrected chi connectivity index (χ1v) is 1.61. The van der Waals surface area contributed by atoms with Crippen molar-refractivity contribution in [2.45, 2.75) is 6.02 Å². The molecule has 0 bridgehead atoms. The molecule has 0 amide bonds. The van der Waals surface area contributed by atoms with Gasteiger partial charge in [-0.2, -0.15) is 0 Å². The van der Waals surface area contributed by atoms with Crippen LogP contribution in [0.1, 0.15) is 1.37 Å². The van der Waals surface area contributed by atoms with E-state index in [-0.39, 0.29) is 12.4 Å². The largest absolute Gasteiger partial charge is 0.322 e. The SMILES string of the molecule is Cl.[2H]C(N)(C=C)CF. The molecule has 1 atom stereocenters. The van der Waals surface area contributed by atoms with Gasteiger partial charge in [0.05, 0.1) is 7.39 Å². The Kier molecular flexibility index (Phi) is 5.85. The number of rotatable bonds is 2. The highest BCUT2D eigenvalue weighted by Crippen LogP contribution is 1.76. The van der Waals surface area contributed by atoms with E-state index in [4.69, 9.17) is 7.10 Å². The first-order valence-electron chi connectivity index (χ1n) is 2.11. The third-order valence-electron chi connectivity index (χ3n) is 0.416. The van der Waals surface area contributed by atoms with Crippen LogP contribution in [0.3, 0.4) is 0 Å². The first kappa shape index (κ1) is 6.92. The summed E-state index contributed by atoms with van der Waals surface area (Å²) in [5, 5.41) is 0. The maximum absolute atomic E-state index is 11.4. The van der Waals surface area contributed by atoms with Crippen LogP contribution in [0.25, 0.3) is 0 Å². The normalized spacial score (nSPS) is 18.3. The minimum Gasteiger partial charge on any atom is -0.322 e.